The molecule has 15 heteroatoms. The lowest BCUT2D eigenvalue weighted by atomic mass is 9.97. The number of nitrogens with two attached hydrogens (primary N) is 1. The number of benzene rings is 1. The van der Waals surface area contributed by atoms with E-state index >= 15 is 0 Å². The maximum atomic E-state index is 14.6. The number of aromatic nitrogens is 5. The zero-order chi connectivity index (χ0) is 32.5. The Morgan fingerprint density at radius 1 is 0.689 bits per heavy atom. The normalized spacial score (nSPS) is 11.7. The third-order valence-electron chi connectivity index (χ3n) is 6.34. The van der Waals surface area contributed by atoms with Crippen LogP contribution in [0.1, 0.15) is 21.7 Å². The Balaban J connectivity index is 0.000000223. The first-order valence-electron chi connectivity index (χ1n) is 12.6. The Hall–Kier alpha value is -5.24. The summed E-state index contributed by atoms with van der Waals surface area (Å²) in [5.74, 6) is -1.39. The molecule has 0 fully saturated rings. The molecule has 0 spiro atoms. The van der Waals surface area contributed by atoms with Gasteiger partial charge < -0.3 is 5.73 Å². The molecule has 6 aromatic rings. The molecule has 6 rings (SSSR count). The van der Waals surface area contributed by atoms with E-state index < -0.39 is 35.5 Å². The average molecular weight is 645 g/mol. The Morgan fingerprint density at radius 2 is 1.29 bits per heavy atom. The molecule has 228 valence electrons. The van der Waals surface area contributed by atoms with Crippen LogP contribution in [0.4, 0.5) is 30.7 Å². The molecule has 0 aliphatic heterocycles. The number of fused-ring (bicyclic) bond motifs is 2. The van der Waals surface area contributed by atoms with Crippen molar-refractivity contribution in [2.24, 2.45) is 5.73 Å². The fraction of sp³-hybridized carbons (Fsp3) is 0.0667. The van der Waals surface area contributed by atoms with Gasteiger partial charge in [0.15, 0.2) is 11.3 Å². The number of carbonyl (C=O) groups excluding carboxylic acids is 1. The molecule has 5 aromatic heterocycles. The van der Waals surface area contributed by atoms with Crippen molar-refractivity contribution in [3.63, 3.8) is 0 Å². The van der Waals surface area contributed by atoms with Gasteiger partial charge in [-0.1, -0.05) is 17.7 Å². The topological polar surface area (TPSA) is 108 Å². The molecule has 0 aliphatic carbocycles. The molecule has 0 bridgehead atoms. The molecule has 1 amide bonds. The zero-order valence-electron chi connectivity index (χ0n) is 22.3. The van der Waals surface area contributed by atoms with Gasteiger partial charge in [-0.15, -0.1) is 0 Å². The Morgan fingerprint density at radius 3 is 1.91 bits per heavy atom. The van der Waals surface area contributed by atoms with E-state index in [2.05, 4.69) is 24.9 Å². The Labute approximate surface area is 253 Å². The maximum Gasteiger partial charge on any atom is 0.433 e. The molecule has 5 heterocycles. The van der Waals surface area contributed by atoms with Gasteiger partial charge in [0.1, 0.15) is 17.2 Å². The first-order valence-corrected chi connectivity index (χ1v) is 13.0. The van der Waals surface area contributed by atoms with Gasteiger partial charge in [-0.2, -0.15) is 26.3 Å². The molecular formula is C30H16ClF7N6O. The van der Waals surface area contributed by atoms with Crippen molar-refractivity contribution in [1.29, 1.82) is 0 Å². The van der Waals surface area contributed by atoms with E-state index in [4.69, 9.17) is 17.3 Å². The minimum atomic E-state index is -4.60. The van der Waals surface area contributed by atoms with Crippen LogP contribution in [-0.4, -0.2) is 30.8 Å². The van der Waals surface area contributed by atoms with Crippen LogP contribution in [0.3, 0.4) is 0 Å². The second kappa shape index (κ2) is 12.0. The standard InChI is InChI=1S/C21H12F4N4O.C9H4ClF3N2/c22-16-5-3-11(10-15(16)18-14(19(26)30)2-1-8-27-18)12-7-9-28-20-13(12)4-6-17(29-20)21(23,24)25;10-6-3-4-14-8-5(6)1-2-7(15-8)9(11,12)13/h1-10H,(H2,26,30);1-4H. The molecule has 0 radical (unpaired) electrons. The molecule has 0 unspecified atom stereocenters. The smallest absolute Gasteiger partial charge is 0.366 e. The Kier molecular flexibility index (Phi) is 8.34. The van der Waals surface area contributed by atoms with Gasteiger partial charge in [0, 0.05) is 34.9 Å². The Bertz CT molecular complexity index is 2070. The lowest BCUT2D eigenvalue weighted by Crippen LogP contribution is -2.13. The summed E-state index contributed by atoms with van der Waals surface area (Å²) in [7, 11) is 0. The van der Waals surface area contributed by atoms with Crippen molar-refractivity contribution < 1.29 is 35.5 Å². The van der Waals surface area contributed by atoms with Crippen LogP contribution in [0.2, 0.25) is 5.02 Å². The number of hydrogen-bond acceptors (Lipinski definition) is 6. The number of halogens is 8. The van der Waals surface area contributed by atoms with Crippen LogP contribution in [0.5, 0.6) is 0 Å². The van der Waals surface area contributed by atoms with E-state index in [1.807, 2.05) is 0 Å². The summed E-state index contributed by atoms with van der Waals surface area (Å²) < 4.78 is 90.3. The van der Waals surface area contributed by atoms with Crippen molar-refractivity contribution in [2.45, 2.75) is 12.4 Å². The highest BCUT2D eigenvalue weighted by Crippen LogP contribution is 2.35. The molecule has 1 aromatic carbocycles. The van der Waals surface area contributed by atoms with E-state index in [0.29, 0.717) is 26.9 Å². The molecule has 45 heavy (non-hydrogen) atoms. The average Bonchev–Trinajstić information content (AvgIpc) is 3.00. The van der Waals surface area contributed by atoms with Crippen LogP contribution in [-0.2, 0) is 12.4 Å². The highest BCUT2D eigenvalue weighted by molar-refractivity contribution is 6.35. The van der Waals surface area contributed by atoms with E-state index in [0.717, 1.165) is 12.1 Å². The SMILES string of the molecule is FC(F)(F)c1ccc2c(Cl)ccnc2n1.NC(=O)c1cccnc1-c1cc(-c2ccnc3nc(C(F)(F)F)ccc23)ccc1F. The van der Waals surface area contributed by atoms with Gasteiger partial charge in [-0.05, 0) is 71.8 Å². The largest absolute Gasteiger partial charge is 0.433 e. The van der Waals surface area contributed by atoms with Crippen molar-refractivity contribution in [3.05, 3.63) is 113 Å². The number of pyridine rings is 5. The minimum absolute atomic E-state index is 0.00248. The monoisotopic (exact) mass is 644 g/mol. The predicted molar refractivity (Wildman–Crippen MR) is 151 cm³/mol. The number of amides is 1. The summed E-state index contributed by atoms with van der Waals surface area (Å²) in [4.78, 5) is 30.4. The first kappa shape index (κ1) is 31.2. The fourth-order valence-electron chi connectivity index (χ4n) is 4.29. The molecule has 0 atom stereocenters. The summed E-state index contributed by atoms with van der Waals surface area (Å²) in [6.07, 6.45) is -5.02. The van der Waals surface area contributed by atoms with Crippen LogP contribution in [0.25, 0.3) is 44.5 Å². The van der Waals surface area contributed by atoms with Gasteiger partial charge in [-0.3, -0.25) is 9.78 Å². The summed E-state index contributed by atoms with van der Waals surface area (Å²) in [6, 6.07) is 14.4. The lowest BCUT2D eigenvalue weighted by Gasteiger charge is -2.12. The van der Waals surface area contributed by atoms with Gasteiger partial charge in [0.25, 0.3) is 5.91 Å². The summed E-state index contributed by atoms with van der Waals surface area (Å²) in [6.45, 7) is 0. The number of rotatable bonds is 3. The molecule has 0 saturated heterocycles. The predicted octanol–water partition coefficient (Wildman–Crippen LogP) is 7.92. The van der Waals surface area contributed by atoms with E-state index in [1.54, 1.807) is 6.07 Å². The van der Waals surface area contributed by atoms with Crippen molar-refractivity contribution in [3.8, 4) is 22.4 Å². The molecular weight excluding hydrogens is 629 g/mol. The minimum Gasteiger partial charge on any atom is -0.366 e. The summed E-state index contributed by atoms with van der Waals surface area (Å²) in [5.41, 5.74) is 4.38. The highest BCUT2D eigenvalue weighted by atomic mass is 35.5. The number of alkyl halides is 6. The molecule has 0 saturated carbocycles. The highest BCUT2D eigenvalue weighted by Gasteiger charge is 2.33. The maximum absolute atomic E-state index is 14.6. The lowest BCUT2D eigenvalue weighted by molar-refractivity contribution is -0.141. The van der Waals surface area contributed by atoms with Crippen molar-refractivity contribution >= 4 is 39.6 Å². The summed E-state index contributed by atoms with van der Waals surface area (Å²) in [5, 5.41) is 1.10. The summed E-state index contributed by atoms with van der Waals surface area (Å²) >= 11 is 5.76. The van der Waals surface area contributed by atoms with Gasteiger partial charge in [-0.25, -0.2) is 24.3 Å². The molecule has 7 nitrogen and oxygen atoms in total. The number of primary amides is 1. The van der Waals surface area contributed by atoms with Gasteiger partial charge in [0.05, 0.1) is 16.3 Å². The van der Waals surface area contributed by atoms with Crippen molar-refractivity contribution in [2.75, 3.05) is 0 Å². The fourth-order valence-corrected chi connectivity index (χ4v) is 4.49. The second-order valence-electron chi connectivity index (χ2n) is 9.24. The van der Waals surface area contributed by atoms with Crippen LogP contribution in [0, 0.1) is 5.82 Å². The number of carbonyl (C=O) groups is 1. The van der Waals surface area contributed by atoms with Crippen molar-refractivity contribution in [1.82, 2.24) is 24.9 Å². The third-order valence-corrected chi connectivity index (χ3v) is 6.67. The van der Waals surface area contributed by atoms with Crippen LogP contribution >= 0.6 is 11.6 Å². The third kappa shape index (κ3) is 6.65. The number of nitrogens with zero attached hydrogens (tertiary/aromatic N) is 5. The van der Waals surface area contributed by atoms with Gasteiger partial charge in [0.2, 0.25) is 0 Å². The molecule has 2 N–H and O–H groups in total. The van der Waals surface area contributed by atoms with Crippen LogP contribution in [0.15, 0.2) is 85.3 Å². The van der Waals surface area contributed by atoms with Crippen LogP contribution < -0.4 is 5.73 Å². The second-order valence-corrected chi connectivity index (χ2v) is 9.65. The van der Waals surface area contributed by atoms with E-state index in [1.165, 1.54) is 67.1 Å². The first-order chi connectivity index (χ1) is 21.2. The van der Waals surface area contributed by atoms with E-state index in [9.17, 15) is 35.5 Å². The van der Waals surface area contributed by atoms with Gasteiger partial charge >= 0.3 is 12.4 Å². The van der Waals surface area contributed by atoms with E-state index in [-0.39, 0.29) is 28.1 Å². The molecule has 0 aliphatic rings. The number of hydrogen-bond donors (Lipinski definition) is 1. The quantitative estimate of drug-likeness (QED) is 0.196. The zero-order valence-corrected chi connectivity index (χ0v) is 23.1.